The van der Waals surface area contributed by atoms with Gasteiger partial charge in [0.1, 0.15) is 0 Å². The summed E-state index contributed by atoms with van der Waals surface area (Å²) in [6.45, 7) is 6.77. The number of nitrogens with zero attached hydrogens (tertiary/aromatic N) is 3. The normalized spacial score (nSPS) is 15.5. The summed E-state index contributed by atoms with van der Waals surface area (Å²) in [7, 11) is 0. The van der Waals surface area contributed by atoms with Crippen molar-refractivity contribution in [2.45, 2.75) is 13.5 Å². The quantitative estimate of drug-likeness (QED) is 0.865. The lowest BCUT2D eigenvalue weighted by atomic mass is 10.2. The molecular weight excluding hydrogens is 228 g/mol. The Morgan fingerprint density at radius 1 is 1.39 bits per heavy atom. The molecule has 18 heavy (non-hydrogen) atoms. The molecule has 0 atom stereocenters. The van der Waals surface area contributed by atoms with Crippen molar-refractivity contribution in [2.24, 2.45) is 0 Å². The predicted octanol–water partition coefficient (Wildman–Crippen LogP) is 0.929. The molecule has 0 saturated carbocycles. The zero-order valence-corrected chi connectivity index (χ0v) is 10.8. The van der Waals surface area contributed by atoms with Crippen LogP contribution in [0.25, 0.3) is 0 Å². The summed E-state index contributed by atoms with van der Waals surface area (Å²) in [6, 6.07) is 4.04. The van der Waals surface area contributed by atoms with Gasteiger partial charge in [0.25, 0.3) is 0 Å². The van der Waals surface area contributed by atoms with E-state index in [0.29, 0.717) is 6.54 Å². The standard InChI is InChI=1S/C13H20N4O/c1-2-16(11-12-3-5-14-6-4-12)13(18)17-9-7-15-8-10-17/h3-6,15H,2,7-11H2,1H3. The molecule has 0 spiro atoms. The van der Waals surface area contributed by atoms with Gasteiger partial charge in [-0.15, -0.1) is 0 Å². The molecule has 2 rings (SSSR count). The minimum Gasteiger partial charge on any atom is -0.322 e. The third-order valence-electron chi connectivity index (χ3n) is 3.16. The average molecular weight is 248 g/mol. The number of pyridine rings is 1. The van der Waals surface area contributed by atoms with E-state index in [-0.39, 0.29) is 6.03 Å². The van der Waals surface area contributed by atoms with Crippen LogP contribution < -0.4 is 5.32 Å². The molecule has 1 aliphatic rings. The Morgan fingerprint density at radius 3 is 2.67 bits per heavy atom. The van der Waals surface area contributed by atoms with Crippen molar-refractivity contribution in [2.75, 3.05) is 32.7 Å². The SMILES string of the molecule is CCN(Cc1ccncc1)C(=O)N1CCNCC1. The summed E-state index contributed by atoms with van der Waals surface area (Å²) >= 11 is 0. The number of nitrogens with one attached hydrogen (secondary N) is 1. The van der Waals surface area contributed by atoms with Crippen molar-refractivity contribution in [3.05, 3.63) is 30.1 Å². The molecule has 1 aromatic rings. The highest BCUT2D eigenvalue weighted by molar-refractivity contribution is 5.74. The molecule has 1 saturated heterocycles. The van der Waals surface area contributed by atoms with Crippen molar-refractivity contribution in [3.63, 3.8) is 0 Å². The Bertz CT molecular complexity index is 376. The Balaban J connectivity index is 1.97. The highest BCUT2D eigenvalue weighted by Crippen LogP contribution is 2.07. The van der Waals surface area contributed by atoms with E-state index in [0.717, 1.165) is 38.3 Å². The predicted molar refractivity (Wildman–Crippen MR) is 70.2 cm³/mol. The van der Waals surface area contributed by atoms with Crippen LogP contribution in [0.5, 0.6) is 0 Å². The first-order valence-electron chi connectivity index (χ1n) is 6.44. The van der Waals surface area contributed by atoms with E-state index in [1.165, 1.54) is 0 Å². The molecule has 1 aromatic heterocycles. The van der Waals surface area contributed by atoms with Crippen molar-refractivity contribution in [1.29, 1.82) is 0 Å². The van der Waals surface area contributed by atoms with Gasteiger partial charge in [0.05, 0.1) is 0 Å². The van der Waals surface area contributed by atoms with E-state index >= 15 is 0 Å². The fourth-order valence-electron chi connectivity index (χ4n) is 2.08. The second-order valence-corrected chi connectivity index (χ2v) is 4.39. The van der Waals surface area contributed by atoms with E-state index < -0.39 is 0 Å². The van der Waals surface area contributed by atoms with Gasteiger partial charge in [0.15, 0.2) is 0 Å². The number of piperazine rings is 1. The molecule has 1 fully saturated rings. The molecule has 0 bridgehead atoms. The van der Waals surface area contributed by atoms with E-state index in [1.807, 2.05) is 28.9 Å². The van der Waals surface area contributed by atoms with Gasteiger partial charge in [-0.25, -0.2) is 4.79 Å². The Hall–Kier alpha value is -1.62. The Labute approximate surface area is 108 Å². The lowest BCUT2D eigenvalue weighted by Gasteiger charge is -2.32. The van der Waals surface area contributed by atoms with Gasteiger partial charge in [0.2, 0.25) is 0 Å². The second-order valence-electron chi connectivity index (χ2n) is 4.39. The van der Waals surface area contributed by atoms with Crippen LogP contribution in [-0.2, 0) is 6.54 Å². The maximum Gasteiger partial charge on any atom is 0.320 e. The average Bonchev–Trinajstić information content (AvgIpc) is 2.46. The van der Waals surface area contributed by atoms with Gasteiger partial charge in [-0.05, 0) is 24.6 Å². The Morgan fingerprint density at radius 2 is 2.06 bits per heavy atom. The topological polar surface area (TPSA) is 48.5 Å². The van der Waals surface area contributed by atoms with E-state index in [4.69, 9.17) is 0 Å². The monoisotopic (exact) mass is 248 g/mol. The number of carbonyl (C=O) groups is 1. The summed E-state index contributed by atoms with van der Waals surface area (Å²) in [5.74, 6) is 0. The van der Waals surface area contributed by atoms with Gasteiger partial charge in [-0.1, -0.05) is 0 Å². The van der Waals surface area contributed by atoms with E-state index in [9.17, 15) is 4.79 Å². The second kappa shape index (κ2) is 6.35. The van der Waals surface area contributed by atoms with E-state index in [2.05, 4.69) is 10.3 Å². The van der Waals surface area contributed by atoms with Crippen molar-refractivity contribution < 1.29 is 4.79 Å². The number of amides is 2. The van der Waals surface area contributed by atoms with Crippen LogP contribution in [0.3, 0.4) is 0 Å². The fraction of sp³-hybridized carbons (Fsp3) is 0.538. The molecule has 5 heteroatoms. The summed E-state index contributed by atoms with van der Waals surface area (Å²) in [6.07, 6.45) is 3.52. The van der Waals surface area contributed by atoms with Crippen LogP contribution in [-0.4, -0.2) is 53.5 Å². The largest absolute Gasteiger partial charge is 0.322 e. The maximum absolute atomic E-state index is 12.3. The summed E-state index contributed by atoms with van der Waals surface area (Å²) in [4.78, 5) is 20.1. The lowest BCUT2D eigenvalue weighted by molar-refractivity contribution is 0.146. The van der Waals surface area contributed by atoms with E-state index in [1.54, 1.807) is 12.4 Å². The number of carbonyl (C=O) groups excluding carboxylic acids is 1. The van der Waals surface area contributed by atoms with Crippen LogP contribution in [0.4, 0.5) is 4.79 Å². The maximum atomic E-state index is 12.3. The molecule has 1 N–H and O–H groups in total. The summed E-state index contributed by atoms with van der Waals surface area (Å²) in [5, 5.41) is 3.26. The van der Waals surface area contributed by atoms with Gasteiger partial charge < -0.3 is 15.1 Å². The van der Waals surface area contributed by atoms with Crippen LogP contribution in [0, 0.1) is 0 Å². The smallest absolute Gasteiger partial charge is 0.320 e. The number of rotatable bonds is 3. The molecular formula is C13H20N4O. The molecule has 1 aliphatic heterocycles. The molecule has 0 aromatic carbocycles. The molecule has 98 valence electrons. The first kappa shape index (κ1) is 12.8. The number of aromatic nitrogens is 1. The molecule has 2 heterocycles. The van der Waals surface area contributed by atoms with Crippen LogP contribution in [0.15, 0.2) is 24.5 Å². The first-order chi connectivity index (χ1) is 8.81. The molecule has 0 aliphatic carbocycles. The van der Waals surface area contributed by atoms with Crippen molar-refractivity contribution in [3.8, 4) is 0 Å². The third kappa shape index (κ3) is 3.20. The highest BCUT2D eigenvalue weighted by atomic mass is 16.2. The van der Waals surface area contributed by atoms with Gasteiger partial charge in [-0.3, -0.25) is 4.98 Å². The molecule has 0 unspecified atom stereocenters. The highest BCUT2D eigenvalue weighted by Gasteiger charge is 2.21. The Kier molecular flexibility index (Phi) is 4.52. The van der Waals surface area contributed by atoms with Gasteiger partial charge in [0, 0.05) is 51.7 Å². The van der Waals surface area contributed by atoms with Crippen LogP contribution >= 0.6 is 0 Å². The van der Waals surface area contributed by atoms with Crippen LogP contribution in [0.1, 0.15) is 12.5 Å². The van der Waals surface area contributed by atoms with Gasteiger partial charge in [-0.2, -0.15) is 0 Å². The van der Waals surface area contributed by atoms with Crippen LogP contribution in [0.2, 0.25) is 0 Å². The minimum atomic E-state index is 0.135. The number of hydrogen-bond donors (Lipinski definition) is 1. The summed E-state index contributed by atoms with van der Waals surface area (Å²) in [5.41, 5.74) is 1.12. The van der Waals surface area contributed by atoms with Crippen molar-refractivity contribution in [1.82, 2.24) is 20.1 Å². The third-order valence-corrected chi connectivity index (χ3v) is 3.16. The minimum absolute atomic E-state index is 0.135. The van der Waals surface area contributed by atoms with Crippen molar-refractivity contribution >= 4 is 6.03 Å². The zero-order valence-electron chi connectivity index (χ0n) is 10.8. The number of urea groups is 1. The lowest BCUT2D eigenvalue weighted by Crippen LogP contribution is -2.51. The summed E-state index contributed by atoms with van der Waals surface area (Å²) < 4.78 is 0. The number of hydrogen-bond acceptors (Lipinski definition) is 3. The zero-order chi connectivity index (χ0) is 12.8. The fourth-order valence-corrected chi connectivity index (χ4v) is 2.08. The van der Waals surface area contributed by atoms with Gasteiger partial charge >= 0.3 is 6.03 Å². The molecule has 5 nitrogen and oxygen atoms in total. The molecule has 0 radical (unpaired) electrons. The first-order valence-corrected chi connectivity index (χ1v) is 6.44. The molecule has 2 amide bonds.